The first-order valence-electron chi connectivity index (χ1n) is 11.3. The molecule has 2 heterocycles. The molecule has 0 bridgehead atoms. The first-order chi connectivity index (χ1) is 16.5. The number of nitrogens with zero attached hydrogens (tertiary/aromatic N) is 2. The second kappa shape index (κ2) is 9.23. The zero-order valence-corrected chi connectivity index (χ0v) is 19.6. The fraction of sp³-hybridized carbons (Fsp3) is 0.185. The zero-order valence-electron chi connectivity index (χ0n) is 18.8. The molecule has 2 amide bonds. The van der Waals surface area contributed by atoms with Crippen molar-refractivity contribution in [3.8, 4) is 0 Å². The first kappa shape index (κ1) is 22.0. The quantitative estimate of drug-likeness (QED) is 0.421. The molecule has 2 N–H and O–H groups in total. The molecule has 1 aliphatic rings. The number of piperazine rings is 1. The van der Waals surface area contributed by atoms with Gasteiger partial charge in [-0.05, 0) is 37.3 Å². The molecule has 1 aliphatic heterocycles. The molecule has 3 aromatic carbocycles. The summed E-state index contributed by atoms with van der Waals surface area (Å²) in [5, 5.41) is 4.51. The predicted octanol–water partition coefficient (Wildman–Crippen LogP) is 5.34. The van der Waals surface area contributed by atoms with Gasteiger partial charge in [-0.15, -0.1) is 0 Å². The lowest BCUT2D eigenvalue weighted by Gasteiger charge is -2.36. The average molecular weight is 473 g/mol. The molecule has 34 heavy (non-hydrogen) atoms. The van der Waals surface area contributed by atoms with E-state index in [4.69, 9.17) is 11.6 Å². The van der Waals surface area contributed by atoms with Crippen LogP contribution in [0.4, 0.5) is 11.4 Å². The van der Waals surface area contributed by atoms with Gasteiger partial charge in [0.25, 0.3) is 11.8 Å². The number of carbonyl (C=O) groups is 2. The van der Waals surface area contributed by atoms with Crippen molar-refractivity contribution >= 4 is 45.7 Å². The number of fused-ring (bicyclic) bond motifs is 1. The van der Waals surface area contributed by atoms with E-state index in [0.717, 1.165) is 22.2 Å². The molecule has 0 radical (unpaired) electrons. The van der Waals surface area contributed by atoms with Gasteiger partial charge < -0.3 is 20.1 Å². The normalized spacial score (nSPS) is 13.8. The SMILES string of the molecule is Cc1cccc(C(=O)Nc2c(C(=O)N3CCN(c4ccccc4Cl)CC3)[nH]c3ccccc23)c1. The van der Waals surface area contributed by atoms with E-state index in [0.29, 0.717) is 48.1 Å². The Kier molecular flexibility index (Phi) is 5.99. The maximum absolute atomic E-state index is 13.6. The highest BCUT2D eigenvalue weighted by molar-refractivity contribution is 6.33. The molecule has 0 atom stereocenters. The van der Waals surface area contributed by atoms with Crippen molar-refractivity contribution in [1.29, 1.82) is 0 Å². The lowest BCUT2D eigenvalue weighted by atomic mass is 10.1. The van der Waals surface area contributed by atoms with Crippen molar-refractivity contribution in [2.45, 2.75) is 6.92 Å². The van der Waals surface area contributed by atoms with Crippen LogP contribution in [0.3, 0.4) is 0 Å². The smallest absolute Gasteiger partial charge is 0.272 e. The van der Waals surface area contributed by atoms with Crippen LogP contribution in [0.5, 0.6) is 0 Å². The highest BCUT2D eigenvalue weighted by atomic mass is 35.5. The molecule has 0 spiro atoms. The molecule has 1 fully saturated rings. The fourth-order valence-electron chi connectivity index (χ4n) is 4.42. The Morgan fingerprint density at radius 1 is 0.912 bits per heavy atom. The zero-order chi connectivity index (χ0) is 23.7. The standard InChI is InChI=1S/C27H25ClN4O2/c1-18-7-6-8-19(17-18)26(33)30-24-20-9-2-4-11-22(20)29-25(24)27(34)32-15-13-31(14-16-32)23-12-5-3-10-21(23)28/h2-12,17,29H,13-16H2,1H3,(H,30,33). The number of hydrogen-bond donors (Lipinski definition) is 2. The Labute approximate surface area is 203 Å². The van der Waals surface area contributed by atoms with Crippen molar-refractivity contribution < 1.29 is 9.59 Å². The van der Waals surface area contributed by atoms with Gasteiger partial charge in [0.2, 0.25) is 0 Å². The Morgan fingerprint density at radius 2 is 1.65 bits per heavy atom. The molecule has 4 aromatic rings. The Morgan fingerprint density at radius 3 is 2.41 bits per heavy atom. The summed E-state index contributed by atoms with van der Waals surface area (Å²) >= 11 is 6.36. The van der Waals surface area contributed by atoms with Gasteiger partial charge in [0.05, 0.1) is 16.4 Å². The van der Waals surface area contributed by atoms with Crippen molar-refractivity contribution in [3.63, 3.8) is 0 Å². The highest BCUT2D eigenvalue weighted by Crippen LogP contribution is 2.30. The van der Waals surface area contributed by atoms with Gasteiger partial charge in [-0.2, -0.15) is 0 Å². The summed E-state index contributed by atoms with van der Waals surface area (Å²) < 4.78 is 0. The van der Waals surface area contributed by atoms with E-state index in [9.17, 15) is 9.59 Å². The maximum atomic E-state index is 13.6. The number of nitrogens with one attached hydrogen (secondary N) is 2. The van der Waals surface area contributed by atoms with E-state index < -0.39 is 0 Å². The molecule has 0 aliphatic carbocycles. The van der Waals surface area contributed by atoms with Gasteiger partial charge in [-0.1, -0.05) is 59.6 Å². The number of aromatic nitrogens is 1. The number of amides is 2. The lowest BCUT2D eigenvalue weighted by Crippen LogP contribution is -2.49. The molecule has 0 unspecified atom stereocenters. The molecule has 6 nitrogen and oxygen atoms in total. The summed E-state index contributed by atoms with van der Waals surface area (Å²) in [6.07, 6.45) is 0. The van der Waals surface area contributed by atoms with Crippen LogP contribution in [-0.4, -0.2) is 47.9 Å². The molecule has 1 saturated heterocycles. The number of para-hydroxylation sites is 2. The monoisotopic (exact) mass is 472 g/mol. The number of halogens is 1. The van der Waals surface area contributed by atoms with Gasteiger partial charge >= 0.3 is 0 Å². The molecule has 1 aromatic heterocycles. The van der Waals surface area contributed by atoms with Crippen molar-refractivity contribution in [2.24, 2.45) is 0 Å². The number of rotatable bonds is 4. The summed E-state index contributed by atoms with van der Waals surface area (Å²) in [6, 6.07) is 22.8. The van der Waals surface area contributed by atoms with Gasteiger partial charge in [0.1, 0.15) is 5.69 Å². The van der Waals surface area contributed by atoms with Crippen LogP contribution in [-0.2, 0) is 0 Å². The Hall–Kier alpha value is -3.77. The minimum absolute atomic E-state index is 0.130. The molecular weight excluding hydrogens is 448 g/mol. The summed E-state index contributed by atoms with van der Waals surface area (Å²) in [4.78, 5) is 33.8. The number of aromatic amines is 1. The second-order valence-electron chi connectivity index (χ2n) is 8.47. The maximum Gasteiger partial charge on any atom is 0.272 e. The second-order valence-corrected chi connectivity index (χ2v) is 8.88. The lowest BCUT2D eigenvalue weighted by molar-refractivity contribution is 0.0743. The van der Waals surface area contributed by atoms with Gasteiger partial charge in [-0.25, -0.2) is 0 Å². The number of anilines is 2. The number of aryl methyl sites for hydroxylation is 1. The number of benzene rings is 3. The Balaban J connectivity index is 1.40. The minimum Gasteiger partial charge on any atom is -0.367 e. The van der Waals surface area contributed by atoms with Gasteiger partial charge in [0, 0.05) is 42.6 Å². The average Bonchev–Trinajstić information content (AvgIpc) is 3.22. The number of carbonyl (C=O) groups excluding carboxylic acids is 2. The minimum atomic E-state index is -0.244. The van der Waals surface area contributed by atoms with Crippen LogP contribution in [0, 0.1) is 6.92 Å². The fourth-order valence-corrected chi connectivity index (χ4v) is 4.68. The third-order valence-electron chi connectivity index (χ3n) is 6.20. The van der Waals surface area contributed by atoms with E-state index in [1.54, 1.807) is 6.07 Å². The molecule has 172 valence electrons. The largest absolute Gasteiger partial charge is 0.367 e. The van der Waals surface area contributed by atoms with Crippen LogP contribution in [0.25, 0.3) is 10.9 Å². The Bertz CT molecular complexity index is 1370. The van der Waals surface area contributed by atoms with Crippen LogP contribution in [0.15, 0.2) is 72.8 Å². The first-order valence-corrected chi connectivity index (χ1v) is 11.7. The highest BCUT2D eigenvalue weighted by Gasteiger charge is 2.27. The van der Waals surface area contributed by atoms with Crippen molar-refractivity contribution in [2.75, 3.05) is 36.4 Å². The van der Waals surface area contributed by atoms with Crippen molar-refractivity contribution in [1.82, 2.24) is 9.88 Å². The summed E-state index contributed by atoms with van der Waals surface area (Å²) in [5.74, 6) is -0.374. The van der Waals surface area contributed by atoms with Crippen LogP contribution in [0.2, 0.25) is 5.02 Å². The summed E-state index contributed by atoms with van der Waals surface area (Å²) in [6.45, 7) is 4.43. The van der Waals surface area contributed by atoms with Crippen LogP contribution in [0.1, 0.15) is 26.4 Å². The van der Waals surface area contributed by atoms with Crippen LogP contribution < -0.4 is 10.2 Å². The summed E-state index contributed by atoms with van der Waals surface area (Å²) in [7, 11) is 0. The molecule has 7 heteroatoms. The molecule has 0 saturated carbocycles. The van der Waals surface area contributed by atoms with Crippen molar-refractivity contribution in [3.05, 3.63) is 94.6 Å². The predicted molar refractivity (Wildman–Crippen MR) is 137 cm³/mol. The van der Waals surface area contributed by atoms with E-state index in [-0.39, 0.29) is 11.8 Å². The molecular formula is C27H25ClN4O2. The van der Waals surface area contributed by atoms with E-state index in [1.807, 2.05) is 78.6 Å². The third kappa shape index (κ3) is 4.24. The van der Waals surface area contributed by atoms with E-state index in [2.05, 4.69) is 15.2 Å². The number of hydrogen-bond acceptors (Lipinski definition) is 3. The molecule has 5 rings (SSSR count). The topological polar surface area (TPSA) is 68.4 Å². The van der Waals surface area contributed by atoms with Gasteiger partial charge in [0.15, 0.2) is 0 Å². The van der Waals surface area contributed by atoms with E-state index in [1.165, 1.54) is 0 Å². The van der Waals surface area contributed by atoms with E-state index >= 15 is 0 Å². The summed E-state index contributed by atoms with van der Waals surface area (Å²) in [5.41, 5.74) is 4.25. The van der Waals surface area contributed by atoms with Gasteiger partial charge in [-0.3, -0.25) is 9.59 Å². The third-order valence-corrected chi connectivity index (χ3v) is 6.52. The number of H-pyrrole nitrogens is 1. The van der Waals surface area contributed by atoms with Crippen LogP contribution >= 0.6 is 11.6 Å².